The van der Waals surface area contributed by atoms with E-state index < -0.39 is 0 Å². The first-order chi connectivity index (χ1) is 9.65. The molecule has 0 bridgehead atoms. The molecule has 1 fully saturated rings. The van der Waals surface area contributed by atoms with E-state index in [0.29, 0.717) is 12.5 Å². The fourth-order valence-electron chi connectivity index (χ4n) is 3.05. The van der Waals surface area contributed by atoms with Gasteiger partial charge in [0, 0.05) is 17.0 Å². The predicted molar refractivity (Wildman–Crippen MR) is 79.8 cm³/mol. The largest absolute Gasteiger partial charge is 0.464 e. The Bertz CT molecular complexity index is 636. The Hall–Kier alpha value is -1.77. The fraction of sp³-hybridized carbons (Fsp3) is 0.471. The quantitative estimate of drug-likeness (QED) is 0.925. The maximum absolute atomic E-state index is 12.1. The van der Waals surface area contributed by atoms with Crippen LogP contribution in [0.4, 0.5) is 0 Å². The van der Waals surface area contributed by atoms with E-state index in [1.54, 1.807) is 6.26 Å². The normalized spacial score (nSPS) is 15.9. The molecule has 1 N–H and O–H groups in total. The van der Waals surface area contributed by atoms with E-state index in [-0.39, 0.29) is 5.91 Å². The van der Waals surface area contributed by atoms with E-state index in [2.05, 4.69) is 31.3 Å². The zero-order chi connectivity index (χ0) is 14.1. The van der Waals surface area contributed by atoms with Gasteiger partial charge in [-0.3, -0.25) is 4.79 Å². The van der Waals surface area contributed by atoms with E-state index in [9.17, 15) is 4.79 Å². The second-order valence-electron chi connectivity index (χ2n) is 5.87. The molecule has 0 radical (unpaired) electrons. The molecular weight excluding hydrogens is 250 g/mol. The first-order valence-corrected chi connectivity index (χ1v) is 7.41. The van der Waals surface area contributed by atoms with Gasteiger partial charge in [0.05, 0.1) is 12.7 Å². The van der Waals surface area contributed by atoms with E-state index in [1.165, 1.54) is 18.4 Å². The number of furan rings is 1. The molecule has 0 aliphatic heterocycles. The van der Waals surface area contributed by atoms with Gasteiger partial charge in [0.2, 0.25) is 5.91 Å². The lowest BCUT2D eigenvalue weighted by Crippen LogP contribution is -2.33. The summed E-state index contributed by atoms with van der Waals surface area (Å²) in [6.07, 6.45) is 6.85. The van der Waals surface area contributed by atoms with Crippen molar-refractivity contribution in [2.75, 3.05) is 0 Å². The number of fused-ring (bicyclic) bond motifs is 1. The van der Waals surface area contributed by atoms with Crippen LogP contribution >= 0.6 is 0 Å². The summed E-state index contributed by atoms with van der Waals surface area (Å²) in [6, 6.07) is 4.52. The maximum atomic E-state index is 12.1. The average molecular weight is 271 g/mol. The zero-order valence-corrected chi connectivity index (χ0v) is 12.2. The Morgan fingerprint density at radius 3 is 2.80 bits per heavy atom. The van der Waals surface area contributed by atoms with Gasteiger partial charge >= 0.3 is 0 Å². The minimum atomic E-state index is 0.109. The fourth-order valence-corrected chi connectivity index (χ4v) is 3.05. The summed E-state index contributed by atoms with van der Waals surface area (Å²) in [7, 11) is 0. The van der Waals surface area contributed by atoms with Crippen molar-refractivity contribution in [2.24, 2.45) is 0 Å². The topological polar surface area (TPSA) is 42.2 Å². The molecule has 1 aliphatic carbocycles. The second kappa shape index (κ2) is 5.31. The van der Waals surface area contributed by atoms with Crippen LogP contribution in [0.5, 0.6) is 0 Å². The van der Waals surface area contributed by atoms with Gasteiger partial charge in [0.1, 0.15) is 5.58 Å². The third-order valence-corrected chi connectivity index (χ3v) is 4.41. The van der Waals surface area contributed by atoms with Gasteiger partial charge in [-0.1, -0.05) is 25.0 Å². The van der Waals surface area contributed by atoms with Gasteiger partial charge in [-0.25, -0.2) is 0 Å². The Morgan fingerprint density at radius 2 is 2.05 bits per heavy atom. The highest BCUT2D eigenvalue weighted by Gasteiger charge is 2.18. The number of benzene rings is 1. The summed E-state index contributed by atoms with van der Waals surface area (Å²) in [6.45, 7) is 4.13. The van der Waals surface area contributed by atoms with Gasteiger partial charge in [-0.15, -0.1) is 0 Å². The van der Waals surface area contributed by atoms with Crippen LogP contribution in [0.3, 0.4) is 0 Å². The molecule has 0 unspecified atom stereocenters. The Labute approximate surface area is 119 Å². The smallest absolute Gasteiger partial charge is 0.224 e. The molecule has 0 saturated heterocycles. The number of rotatable bonds is 3. The summed E-state index contributed by atoms with van der Waals surface area (Å²) in [5.41, 5.74) is 4.27. The summed E-state index contributed by atoms with van der Waals surface area (Å²) in [5, 5.41) is 4.19. The van der Waals surface area contributed by atoms with Gasteiger partial charge in [-0.05, 0) is 37.8 Å². The molecule has 1 amide bonds. The lowest BCUT2D eigenvalue weighted by molar-refractivity contribution is -0.121. The number of nitrogens with one attached hydrogen (secondary N) is 1. The summed E-state index contributed by atoms with van der Waals surface area (Å²) < 4.78 is 5.65. The van der Waals surface area contributed by atoms with Gasteiger partial charge < -0.3 is 9.73 Å². The van der Waals surface area contributed by atoms with Crippen molar-refractivity contribution in [3.8, 4) is 0 Å². The first-order valence-electron chi connectivity index (χ1n) is 7.41. The SMILES string of the molecule is Cc1ccc2c(CC(=O)NC3CCCC3)coc2c1C. The highest BCUT2D eigenvalue weighted by molar-refractivity contribution is 5.89. The van der Waals surface area contributed by atoms with Crippen LogP contribution in [0.25, 0.3) is 11.0 Å². The summed E-state index contributed by atoms with van der Waals surface area (Å²) in [4.78, 5) is 12.1. The Kier molecular flexibility index (Phi) is 3.51. The van der Waals surface area contributed by atoms with E-state index >= 15 is 0 Å². The number of hydrogen-bond donors (Lipinski definition) is 1. The lowest BCUT2D eigenvalue weighted by atomic mass is 10.0. The van der Waals surface area contributed by atoms with Crippen LogP contribution in [0.2, 0.25) is 0 Å². The van der Waals surface area contributed by atoms with Crippen molar-refractivity contribution in [1.29, 1.82) is 0 Å². The number of carbonyl (C=O) groups is 1. The van der Waals surface area contributed by atoms with Crippen LogP contribution in [0.15, 0.2) is 22.8 Å². The first kappa shape index (κ1) is 13.2. The Morgan fingerprint density at radius 1 is 1.30 bits per heavy atom. The monoisotopic (exact) mass is 271 g/mol. The molecule has 2 aromatic rings. The molecule has 3 heteroatoms. The van der Waals surface area contributed by atoms with Gasteiger partial charge in [-0.2, -0.15) is 0 Å². The van der Waals surface area contributed by atoms with Gasteiger partial charge in [0.15, 0.2) is 0 Å². The molecule has 106 valence electrons. The van der Waals surface area contributed by atoms with E-state index in [4.69, 9.17) is 4.42 Å². The number of aryl methyl sites for hydroxylation is 2. The molecule has 1 aliphatic rings. The Balaban J connectivity index is 1.77. The average Bonchev–Trinajstić information content (AvgIpc) is 3.04. The van der Waals surface area contributed by atoms with Crippen molar-refractivity contribution >= 4 is 16.9 Å². The second-order valence-corrected chi connectivity index (χ2v) is 5.87. The van der Waals surface area contributed by atoms with E-state index in [0.717, 1.165) is 34.9 Å². The number of hydrogen-bond acceptors (Lipinski definition) is 2. The highest BCUT2D eigenvalue weighted by atomic mass is 16.3. The standard InChI is InChI=1S/C17H21NO2/c1-11-7-8-15-13(10-20-17(15)12(11)2)9-16(19)18-14-5-3-4-6-14/h7-8,10,14H,3-6,9H2,1-2H3,(H,18,19). The van der Waals surface area contributed by atoms with Crippen LogP contribution < -0.4 is 5.32 Å². The molecule has 3 nitrogen and oxygen atoms in total. The van der Waals surface area contributed by atoms with E-state index in [1.807, 2.05) is 0 Å². The molecule has 0 spiro atoms. The summed E-state index contributed by atoms with van der Waals surface area (Å²) in [5.74, 6) is 0.109. The van der Waals surface area contributed by atoms with Crippen LogP contribution in [-0.2, 0) is 11.2 Å². The molecule has 1 aromatic heterocycles. The summed E-state index contributed by atoms with van der Waals surface area (Å²) >= 11 is 0. The molecule has 1 aromatic carbocycles. The van der Waals surface area contributed by atoms with Crippen molar-refractivity contribution in [1.82, 2.24) is 5.32 Å². The third-order valence-electron chi connectivity index (χ3n) is 4.41. The van der Waals surface area contributed by atoms with Crippen molar-refractivity contribution in [2.45, 2.75) is 52.0 Å². The zero-order valence-electron chi connectivity index (χ0n) is 12.2. The molecular formula is C17H21NO2. The molecule has 1 heterocycles. The maximum Gasteiger partial charge on any atom is 0.224 e. The molecule has 0 atom stereocenters. The van der Waals surface area contributed by atoms with Crippen LogP contribution in [0, 0.1) is 13.8 Å². The lowest BCUT2D eigenvalue weighted by Gasteiger charge is -2.11. The van der Waals surface area contributed by atoms with Crippen molar-refractivity contribution in [3.05, 3.63) is 35.1 Å². The number of amides is 1. The minimum absolute atomic E-state index is 0.109. The number of carbonyl (C=O) groups excluding carboxylic acids is 1. The van der Waals surface area contributed by atoms with Crippen LogP contribution in [-0.4, -0.2) is 11.9 Å². The van der Waals surface area contributed by atoms with Crippen molar-refractivity contribution in [3.63, 3.8) is 0 Å². The van der Waals surface area contributed by atoms with Crippen LogP contribution in [0.1, 0.15) is 42.4 Å². The van der Waals surface area contributed by atoms with Gasteiger partial charge in [0.25, 0.3) is 0 Å². The predicted octanol–water partition coefficient (Wildman–Crippen LogP) is 3.65. The molecule has 20 heavy (non-hydrogen) atoms. The third kappa shape index (κ3) is 2.45. The molecule has 3 rings (SSSR count). The molecule has 1 saturated carbocycles. The highest BCUT2D eigenvalue weighted by Crippen LogP contribution is 2.27. The van der Waals surface area contributed by atoms with Crippen molar-refractivity contribution < 1.29 is 9.21 Å². The minimum Gasteiger partial charge on any atom is -0.464 e.